The van der Waals surface area contributed by atoms with E-state index in [1.54, 1.807) is 23.9 Å². The second-order valence-corrected chi connectivity index (χ2v) is 4.45. The molecule has 0 aromatic heterocycles. The molecule has 3 nitrogen and oxygen atoms in total. The van der Waals surface area contributed by atoms with Gasteiger partial charge in [-0.1, -0.05) is 11.8 Å². The quantitative estimate of drug-likeness (QED) is 0.863. The maximum absolute atomic E-state index is 13.2. The maximum Gasteiger partial charge on any atom is 0.165 e. The smallest absolute Gasteiger partial charge is 0.165 e. The lowest BCUT2D eigenvalue weighted by Gasteiger charge is -2.13. The van der Waals surface area contributed by atoms with Crippen molar-refractivity contribution in [1.82, 2.24) is 0 Å². The zero-order valence-electron chi connectivity index (χ0n) is 9.00. The Kier molecular flexibility index (Phi) is 3.66. The van der Waals surface area contributed by atoms with E-state index < -0.39 is 0 Å². The maximum atomic E-state index is 13.2. The molecule has 0 radical (unpaired) electrons. The summed E-state index contributed by atoms with van der Waals surface area (Å²) in [6, 6.07) is 4.69. The Labute approximate surface area is 98.1 Å². The monoisotopic (exact) mass is 240 g/mol. The highest BCUT2D eigenvalue weighted by atomic mass is 32.2. The van der Waals surface area contributed by atoms with Crippen molar-refractivity contribution in [3.63, 3.8) is 0 Å². The Bertz CT molecular complexity index is 409. The fraction of sp³-hybridized carbons (Fsp3) is 0.364. The SMILES string of the molecule is COc1cc(NC2=NCCCS2)ccc1F. The van der Waals surface area contributed by atoms with E-state index in [4.69, 9.17) is 4.74 Å². The van der Waals surface area contributed by atoms with E-state index in [1.807, 2.05) is 0 Å². The molecule has 0 saturated heterocycles. The lowest BCUT2D eigenvalue weighted by atomic mass is 10.3. The van der Waals surface area contributed by atoms with E-state index in [0.717, 1.165) is 29.6 Å². The Balaban J connectivity index is 2.12. The number of benzene rings is 1. The van der Waals surface area contributed by atoms with Gasteiger partial charge in [0.2, 0.25) is 0 Å². The minimum Gasteiger partial charge on any atom is -0.494 e. The number of amidine groups is 1. The standard InChI is InChI=1S/C11H13FN2OS/c1-15-10-7-8(3-4-9(10)12)14-11-13-5-2-6-16-11/h3-4,7H,2,5-6H2,1H3,(H,13,14). The number of nitrogens with one attached hydrogen (secondary N) is 1. The van der Waals surface area contributed by atoms with Gasteiger partial charge in [-0.25, -0.2) is 4.39 Å². The normalized spacial score (nSPS) is 15.5. The zero-order valence-corrected chi connectivity index (χ0v) is 9.81. The van der Waals surface area contributed by atoms with Gasteiger partial charge in [-0.15, -0.1) is 0 Å². The molecule has 16 heavy (non-hydrogen) atoms. The number of hydrogen-bond acceptors (Lipinski definition) is 4. The second kappa shape index (κ2) is 5.21. The molecule has 0 spiro atoms. The molecule has 0 saturated carbocycles. The summed E-state index contributed by atoms with van der Waals surface area (Å²) in [6.45, 7) is 0.855. The Morgan fingerprint density at radius 2 is 2.38 bits per heavy atom. The zero-order chi connectivity index (χ0) is 11.4. The van der Waals surface area contributed by atoms with Gasteiger partial charge in [0.05, 0.1) is 7.11 Å². The number of anilines is 1. The van der Waals surface area contributed by atoms with E-state index >= 15 is 0 Å². The number of rotatable bonds is 2. The number of ether oxygens (including phenoxy) is 1. The van der Waals surface area contributed by atoms with E-state index in [9.17, 15) is 4.39 Å². The average Bonchev–Trinajstić information content (AvgIpc) is 2.33. The summed E-state index contributed by atoms with van der Waals surface area (Å²) in [6.07, 6.45) is 1.11. The Morgan fingerprint density at radius 1 is 1.50 bits per heavy atom. The van der Waals surface area contributed by atoms with Gasteiger partial charge in [-0.3, -0.25) is 4.99 Å². The summed E-state index contributed by atoms with van der Waals surface area (Å²) >= 11 is 1.68. The molecule has 2 rings (SSSR count). The third kappa shape index (κ3) is 2.66. The summed E-state index contributed by atoms with van der Waals surface area (Å²) in [5.74, 6) is 0.960. The first-order chi connectivity index (χ1) is 7.79. The van der Waals surface area contributed by atoms with Crippen LogP contribution >= 0.6 is 11.8 Å². The fourth-order valence-corrected chi connectivity index (χ4v) is 2.24. The van der Waals surface area contributed by atoms with Crippen LogP contribution in [0.5, 0.6) is 5.75 Å². The number of nitrogens with zero attached hydrogens (tertiary/aromatic N) is 1. The minimum atomic E-state index is -0.355. The molecule has 1 aliphatic heterocycles. The average molecular weight is 240 g/mol. The van der Waals surface area contributed by atoms with Crippen LogP contribution in [0.15, 0.2) is 23.2 Å². The summed E-state index contributed by atoms with van der Waals surface area (Å²) in [4.78, 5) is 4.34. The van der Waals surface area contributed by atoms with Crippen molar-refractivity contribution in [3.8, 4) is 5.75 Å². The van der Waals surface area contributed by atoms with Crippen LogP contribution in [0.4, 0.5) is 10.1 Å². The molecule has 0 amide bonds. The van der Waals surface area contributed by atoms with Crippen molar-refractivity contribution in [1.29, 1.82) is 0 Å². The van der Waals surface area contributed by atoms with Crippen LogP contribution < -0.4 is 10.1 Å². The first-order valence-electron chi connectivity index (χ1n) is 5.07. The van der Waals surface area contributed by atoms with Gasteiger partial charge in [-0.2, -0.15) is 0 Å². The van der Waals surface area contributed by atoms with Gasteiger partial charge < -0.3 is 10.1 Å². The predicted octanol–water partition coefficient (Wildman–Crippen LogP) is 2.74. The lowest BCUT2D eigenvalue weighted by Crippen LogP contribution is -2.13. The first kappa shape index (κ1) is 11.3. The molecule has 5 heteroatoms. The molecular formula is C11H13FN2OS. The minimum absolute atomic E-state index is 0.242. The fourth-order valence-electron chi connectivity index (χ4n) is 1.40. The summed E-state index contributed by atoms with van der Waals surface area (Å²) in [5.41, 5.74) is 0.798. The van der Waals surface area contributed by atoms with Crippen molar-refractivity contribution in [3.05, 3.63) is 24.0 Å². The van der Waals surface area contributed by atoms with E-state index in [0.29, 0.717) is 0 Å². The van der Waals surface area contributed by atoms with E-state index in [1.165, 1.54) is 13.2 Å². The lowest BCUT2D eigenvalue weighted by molar-refractivity contribution is 0.387. The molecule has 0 atom stereocenters. The van der Waals surface area contributed by atoms with Crippen molar-refractivity contribution in [2.45, 2.75) is 6.42 Å². The van der Waals surface area contributed by atoms with Gasteiger partial charge in [0.1, 0.15) is 0 Å². The third-order valence-corrected chi connectivity index (χ3v) is 3.20. The van der Waals surface area contributed by atoms with Crippen LogP contribution in [-0.4, -0.2) is 24.6 Å². The molecule has 1 aromatic carbocycles. The second-order valence-electron chi connectivity index (χ2n) is 3.36. The first-order valence-corrected chi connectivity index (χ1v) is 6.06. The number of methoxy groups -OCH3 is 1. The van der Waals surface area contributed by atoms with Crippen molar-refractivity contribution in [2.75, 3.05) is 24.7 Å². The largest absolute Gasteiger partial charge is 0.494 e. The molecule has 0 unspecified atom stereocenters. The number of hydrogen-bond donors (Lipinski definition) is 1. The molecule has 1 heterocycles. The van der Waals surface area contributed by atoms with Gasteiger partial charge in [-0.05, 0) is 18.6 Å². The third-order valence-electron chi connectivity index (χ3n) is 2.20. The highest BCUT2D eigenvalue weighted by Gasteiger charge is 2.08. The number of thioether (sulfide) groups is 1. The van der Waals surface area contributed by atoms with Crippen molar-refractivity contribution < 1.29 is 9.13 Å². The molecule has 0 fully saturated rings. The molecule has 0 aliphatic carbocycles. The van der Waals surface area contributed by atoms with Crippen molar-refractivity contribution >= 4 is 22.6 Å². The number of halogens is 1. The highest BCUT2D eigenvalue weighted by Crippen LogP contribution is 2.23. The van der Waals surface area contributed by atoms with Gasteiger partial charge >= 0.3 is 0 Å². The van der Waals surface area contributed by atoms with Gasteiger partial charge in [0, 0.05) is 24.1 Å². The van der Waals surface area contributed by atoms with Crippen LogP contribution in [0, 0.1) is 5.82 Å². The van der Waals surface area contributed by atoms with Crippen molar-refractivity contribution in [2.24, 2.45) is 4.99 Å². The topological polar surface area (TPSA) is 33.6 Å². The summed E-state index contributed by atoms with van der Waals surface area (Å²) < 4.78 is 18.1. The predicted molar refractivity (Wildman–Crippen MR) is 66.0 cm³/mol. The van der Waals surface area contributed by atoms with Crippen LogP contribution in [0.1, 0.15) is 6.42 Å². The molecule has 1 aromatic rings. The van der Waals surface area contributed by atoms with Gasteiger partial charge in [0.25, 0.3) is 0 Å². The van der Waals surface area contributed by atoms with Crippen LogP contribution in [0.2, 0.25) is 0 Å². The molecular weight excluding hydrogens is 227 g/mol. The summed E-state index contributed by atoms with van der Waals surface area (Å²) in [7, 11) is 1.45. The van der Waals surface area contributed by atoms with Crippen LogP contribution in [0.25, 0.3) is 0 Å². The molecule has 0 bridgehead atoms. The molecule has 1 aliphatic rings. The Hall–Kier alpha value is -1.23. The van der Waals surface area contributed by atoms with Gasteiger partial charge in [0.15, 0.2) is 16.7 Å². The molecule has 86 valence electrons. The van der Waals surface area contributed by atoms with Crippen LogP contribution in [-0.2, 0) is 0 Å². The Morgan fingerprint density at radius 3 is 3.06 bits per heavy atom. The van der Waals surface area contributed by atoms with E-state index in [-0.39, 0.29) is 11.6 Å². The van der Waals surface area contributed by atoms with Crippen LogP contribution in [0.3, 0.4) is 0 Å². The summed E-state index contributed by atoms with van der Waals surface area (Å²) in [5, 5.41) is 4.04. The van der Waals surface area contributed by atoms with E-state index in [2.05, 4.69) is 10.3 Å². The number of aliphatic imine (C=N–C) groups is 1. The molecule has 1 N–H and O–H groups in total. The highest BCUT2D eigenvalue weighted by molar-refractivity contribution is 8.14.